The number of methoxy groups -OCH3 is 1. The van der Waals surface area contributed by atoms with Gasteiger partial charge < -0.3 is 34.5 Å². The lowest BCUT2D eigenvalue weighted by Gasteiger charge is -2.60. The van der Waals surface area contributed by atoms with Crippen LogP contribution in [0.25, 0.3) is 0 Å². The fourth-order valence-corrected chi connectivity index (χ4v) is 8.34. The SMILES string of the molecule is COc1c(C)cc2c(c1O)[C@@H]1C3Cc4c(O)c(C)c5c(c4[C@H](CNC(=O)Cc4ccc(OC(C)=O)cc4)N3C(C#N)[C@H](C2)N1C)OCO5. The first-order valence-corrected chi connectivity index (χ1v) is 16.0. The molecule has 12 nitrogen and oxygen atoms in total. The molecule has 4 heterocycles. The van der Waals surface area contributed by atoms with Gasteiger partial charge >= 0.3 is 5.97 Å². The third-order valence-corrected chi connectivity index (χ3v) is 10.3. The summed E-state index contributed by atoms with van der Waals surface area (Å²) in [5, 5.41) is 37.1. The molecule has 12 heteroatoms. The standard InChI is InChI=1S/C36H38N4O8/c1-17-10-21-12-24-26(14-37)40-25(31(39(24)4)29(21)33(44)34(17)45-5)13-23-30(36-35(46-16-47-36)18(2)32(23)43)27(40)15-38-28(42)11-20-6-8-22(9-7-20)48-19(3)41/h6-10,24-27,31,43-44H,11-13,15-16H2,1-5H3,(H,38,42)/t24-,25?,26?,27-,31-/m0/s1. The molecule has 3 aromatic rings. The van der Waals surface area contributed by atoms with Crippen molar-refractivity contribution in [2.45, 2.75) is 70.2 Å². The number of aryl methyl sites for hydroxylation is 1. The van der Waals surface area contributed by atoms with E-state index in [1.54, 1.807) is 31.2 Å². The van der Waals surface area contributed by atoms with E-state index in [1.165, 1.54) is 14.0 Å². The Morgan fingerprint density at radius 1 is 1.06 bits per heavy atom. The van der Waals surface area contributed by atoms with E-state index in [4.69, 9.17) is 18.9 Å². The Labute approximate surface area is 278 Å². The topological polar surface area (TPSA) is 154 Å². The predicted molar refractivity (Wildman–Crippen MR) is 172 cm³/mol. The van der Waals surface area contributed by atoms with Crippen LogP contribution in [0.2, 0.25) is 0 Å². The van der Waals surface area contributed by atoms with Gasteiger partial charge in [0.1, 0.15) is 17.5 Å². The largest absolute Gasteiger partial charge is 0.507 e. The van der Waals surface area contributed by atoms with E-state index in [1.807, 2.05) is 20.0 Å². The first kappa shape index (κ1) is 31.6. The van der Waals surface area contributed by atoms with Gasteiger partial charge in [0.25, 0.3) is 0 Å². The average molecular weight is 655 g/mol. The lowest BCUT2D eigenvalue weighted by molar-refractivity contribution is -0.132. The second-order valence-electron chi connectivity index (χ2n) is 13.0. The van der Waals surface area contributed by atoms with Crippen molar-refractivity contribution in [3.8, 4) is 40.6 Å². The number of amides is 1. The van der Waals surface area contributed by atoms with Gasteiger partial charge in [-0.3, -0.25) is 19.4 Å². The van der Waals surface area contributed by atoms with Crippen LogP contribution < -0.4 is 24.3 Å². The summed E-state index contributed by atoms with van der Waals surface area (Å²) in [5.41, 5.74) is 5.21. The highest BCUT2D eigenvalue weighted by atomic mass is 16.7. The normalized spacial score (nSPS) is 23.7. The van der Waals surface area contributed by atoms with Gasteiger partial charge in [0, 0.05) is 47.8 Å². The third kappa shape index (κ3) is 4.88. The first-order valence-electron chi connectivity index (χ1n) is 16.0. The molecule has 0 aromatic heterocycles. The van der Waals surface area contributed by atoms with Crippen LogP contribution in [0.4, 0.5) is 0 Å². The molecule has 0 radical (unpaired) electrons. The Bertz CT molecular complexity index is 1870. The number of esters is 1. The Hall–Kier alpha value is -4.99. The van der Waals surface area contributed by atoms with Crippen molar-refractivity contribution >= 4 is 11.9 Å². The number of nitrogens with zero attached hydrogens (tertiary/aromatic N) is 3. The molecule has 0 saturated carbocycles. The second-order valence-corrected chi connectivity index (χ2v) is 13.0. The fourth-order valence-electron chi connectivity index (χ4n) is 8.34. The maximum atomic E-state index is 13.4. The maximum absolute atomic E-state index is 13.4. The lowest BCUT2D eigenvalue weighted by atomic mass is 9.71. The van der Waals surface area contributed by atoms with Crippen LogP contribution in [0.3, 0.4) is 0 Å². The van der Waals surface area contributed by atoms with Crippen molar-refractivity contribution in [2.24, 2.45) is 0 Å². The number of piperazine rings is 1. The quantitative estimate of drug-likeness (QED) is 0.264. The molecule has 0 aliphatic carbocycles. The zero-order valence-corrected chi connectivity index (χ0v) is 27.5. The highest BCUT2D eigenvalue weighted by Crippen LogP contribution is 2.58. The molecule has 7 rings (SSSR count). The van der Waals surface area contributed by atoms with Crippen molar-refractivity contribution in [3.05, 3.63) is 69.3 Å². The van der Waals surface area contributed by atoms with Crippen molar-refractivity contribution < 1.29 is 38.7 Å². The summed E-state index contributed by atoms with van der Waals surface area (Å²) in [5.74, 6) is 1.29. The fraction of sp³-hybridized carbons (Fsp3) is 0.417. The molecular formula is C36H38N4O8. The number of hydrogen-bond acceptors (Lipinski definition) is 11. The van der Waals surface area contributed by atoms with Gasteiger partial charge in [0.15, 0.2) is 23.0 Å². The molecule has 0 spiro atoms. The van der Waals surface area contributed by atoms with Crippen LogP contribution in [-0.4, -0.2) is 77.5 Å². The Kier molecular flexibility index (Phi) is 7.84. The van der Waals surface area contributed by atoms with E-state index in [0.717, 1.165) is 22.3 Å². The lowest BCUT2D eigenvalue weighted by Crippen LogP contribution is -2.68. The third-order valence-electron chi connectivity index (χ3n) is 10.3. The highest BCUT2D eigenvalue weighted by molar-refractivity contribution is 5.79. The van der Waals surface area contributed by atoms with Crippen molar-refractivity contribution in [1.29, 1.82) is 5.26 Å². The van der Waals surface area contributed by atoms with Gasteiger partial charge in [-0.15, -0.1) is 0 Å². The number of ether oxygens (including phenoxy) is 4. The molecule has 2 unspecified atom stereocenters. The summed E-state index contributed by atoms with van der Waals surface area (Å²) in [6.45, 7) is 5.13. The van der Waals surface area contributed by atoms with Crippen LogP contribution >= 0.6 is 0 Å². The molecule has 3 aromatic carbocycles. The van der Waals surface area contributed by atoms with Gasteiger partial charge in [0.2, 0.25) is 12.7 Å². The summed E-state index contributed by atoms with van der Waals surface area (Å²) in [4.78, 5) is 29.0. The maximum Gasteiger partial charge on any atom is 0.308 e. The van der Waals surface area contributed by atoms with Gasteiger partial charge in [-0.1, -0.05) is 18.2 Å². The number of fused-ring (bicyclic) bond motifs is 9. The minimum atomic E-state index is -0.584. The highest BCUT2D eigenvalue weighted by Gasteiger charge is 2.56. The Morgan fingerprint density at radius 2 is 1.79 bits per heavy atom. The molecule has 2 bridgehead atoms. The molecule has 1 saturated heterocycles. The van der Waals surface area contributed by atoms with Crippen LogP contribution in [0.1, 0.15) is 58.0 Å². The molecule has 5 atom stereocenters. The number of nitriles is 1. The van der Waals surface area contributed by atoms with E-state index in [-0.39, 0.29) is 55.3 Å². The zero-order chi connectivity index (χ0) is 34.0. The molecule has 48 heavy (non-hydrogen) atoms. The Morgan fingerprint density at radius 3 is 2.48 bits per heavy atom. The van der Waals surface area contributed by atoms with Gasteiger partial charge in [-0.05, 0) is 62.6 Å². The average Bonchev–Trinajstić information content (AvgIpc) is 3.54. The van der Waals surface area contributed by atoms with Gasteiger partial charge in [-0.25, -0.2) is 0 Å². The van der Waals surface area contributed by atoms with Crippen LogP contribution in [0.15, 0.2) is 30.3 Å². The number of carbonyl (C=O) groups is 2. The van der Waals surface area contributed by atoms with Crippen LogP contribution in [0.5, 0.6) is 34.5 Å². The number of hydrogen-bond donors (Lipinski definition) is 3. The predicted octanol–water partition coefficient (Wildman–Crippen LogP) is 3.51. The van der Waals surface area contributed by atoms with Gasteiger partial charge in [-0.2, -0.15) is 5.26 Å². The van der Waals surface area contributed by atoms with E-state index in [9.17, 15) is 25.1 Å². The molecule has 4 aliphatic rings. The number of benzene rings is 3. The number of nitrogens with one attached hydrogen (secondary N) is 1. The minimum Gasteiger partial charge on any atom is -0.507 e. The summed E-state index contributed by atoms with van der Waals surface area (Å²) in [6, 6.07) is 9.31. The molecular weight excluding hydrogens is 616 g/mol. The van der Waals surface area contributed by atoms with Crippen molar-refractivity contribution in [1.82, 2.24) is 15.1 Å². The zero-order valence-electron chi connectivity index (χ0n) is 27.5. The number of aromatic hydroxyl groups is 2. The van der Waals surface area contributed by atoms with Gasteiger partial charge in [0.05, 0.1) is 31.7 Å². The summed E-state index contributed by atoms with van der Waals surface area (Å²) >= 11 is 0. The second kappa shape index (κ2) is 11.9. The molecule has 1 amide bonds. The number of phenols is 2. The monoisotopic (exact) mass is 654 g/mol. The van der Waals surface area contributed by atoms with E-state index in [0.29, 0.717) is 52.5 Å². The number of phenolic OH excluding ortho intramolecular Hbond substituents is 2. The van der Waals surface area contributed by atoms with E-state index in [2.05, 4.69) is 21.2 Å². The molecule has 3 N–H and O–H groups in total. The van der Waals surface area contributed by atoms with Crippen molar-refractivity contribution in [3.63, 3.8) is 0 Å². The molecule has 1 fully saturated rings. The number of rotatable bonds is 6. The smallest absolute Gasteiger partial charge is 0.308 e. The van der Waals surface area contributed by atoms with E-state index < -0.39 is 18.1 Å². The van der Waals surface area contributed by atoms with Crippen LogP contribution in [0, 0.1) is 25.2 Å². The molecule has 250 valence electrons. The summed E-state index contributed by atoms with van der Waals surface area (Å²) in [6.07, 6.45) is 0.983. The van der Waals surface area contributed by atoms with E-state index >= 15 is 0 Å². The van der Waals surface area contributed by atoms with Crippen molar-refractivity contribution in [2.75, 3.05) is 27.5 Å². The minimum absolute atomic E-state index is 0.00598. The summed E-state index contributed by atoms with van der Waals surface area (Å²) < 4.78 is 22.6. The number of carbonyl (C=O) groups excluding carboxylic acids is 2. The molecule has 4 aliphatic heterocycles. The first-order chi connectivity index (χ1) is 23.0. The number of likely N-dealkylation sites (N-methyl/N-ethyl adjacent to an activating group) is 1. The summed E-state index contributed by atoms with van der Waals surface area (Å²) in [7, 11) is 3.52. The van der Waals surface area contributed by atoms with Crippen LogP contribution in [-0.2, 0) is 28.9 Å². The Balaban J connectivity index is 1.30.